The molecule has 2 amide bonds. The Bertz CT molecular complexity index is 1140. The van der Waals surface area contributed by atoms with Gasteiger partial charge in [0.2, 0.25) is 5.91 Å². The molecule has 3 atom stereocenters. The lowest BCUT2D eigenvalue weighted by atomic mass is 9.90. The first-order valence-corrected chi connectivity index (χ1v) is 15.8. The number of hydrogen-bond donors (Lipinski definition) is 3. The van der Waals surface area contributed by atoms with Gasteiger partial charge in [-0.1, -0.05) is 36.4 Å². The maximum absolute atomic E-state index is 14.0. The van der Waals surface area contributed by atoms with Gasteiger partial charge in [-0.15, -0.1) is 23.2 Å². The van der Waals surface area contributed by atoms with Crippen molar-refractivity contribution in [2.75, 3.05) is 30.4 Å². The third-order valence-electron chi connectivity index (χ3n) is 6.72. The summed E-state index contributed by atoms with van der Waals surface area (Å²) in [5.41, 5.74) is 7.04. The predicted octanol–water partition coefficient (Wildman–Crippen LogP) is 3.59. The number of thioether (sulfide) groups is 1. The van der Waals surface area contributed by atoms with Crippen molar-refractivity contribution in [3.05, 3.63) is 71.0 Å². The molecule has 5 N–H and O–H groups in total. The molecule has 0 spiro atoms. The molecule has 0 fully saturated rings. The highest BCUT2D eigenvalue weighted by Gasteiger charge is 2.47. The molecule has 0 aliphatic carbocycles. The Morgan fingerprint density at radius 1 is 1.05 bits per heavy atom. The number of aryl methyl sites for hydroxylation is 1. The average Bonchev–Trinajstić information content (AvgIpc) is 2.95. The normalized spacial score (nSPS) is 14.0. The van der Waals surface area contributed by atoms with Gasteiger partial charge in [0.05, 0.1) is 12.6 Å². The Labute approximate surface area is 255 Å². The number of nitrogens with two attached hydrogens (primary N) is 2. The van der Waals surface area contributed by atoms with Gasteiger partial charge >= 0.3 is 5.97 Å². The fraction of sp³-hybridized carbons (Fsp3) is 0.483. The van der Waals surface area contributed by atoms with E-state index >= 15 is 0 Å². The summed E-state index contributed by atoms with van der Waals surface area (Å²) in [5.74, 6) is 5.10. The number of hydrogen-bond acceptors (Lipinski definition) is 7. The summed E-state index contributed by atoms with van der Waals surface area (Å²) in [6.45, 7) is 1.76. The van der Waals surface area contributed by atoms with Crippen LogP contribution in [0.25, 0.3) is 0 Å². The minimum absolute atomic E-state index is 0.0498. The van der Waals surface area contributed by atoms with Crippen molar-refractivity contribution in [2.24, 2.45) is 11.6 Å². The Morgan fingerprint density at radius 3 is 2.34 bits per heavy atom. The molecule has 12 heteroatoms. The third-order valence-corrected chi connectivity index (χ3v) is 7.71. The van der Waals surface area contributed by atoms with Crippen LogP contribution in [0.1, 0.15) is 36.5 Å². The summed E-state index contributed by atoms with van der Waals surface area (Å²) in [6.07, 6.45) is 2.97. The van der Waals surface area contributed by atoms with Crippen LogP contribution in [0.15, 0.2) is 48.5 Å². The van der Waals surface area contributed by atoms with E-state index in [1.54, 1.807) is 19.1 Å². The number of amides is 2. The predicted molar refractivity (Wildman–Crippen MR) is 163 cm³/mol. The number of nitrogens with zero attached hydrogens (tertiary/aromatic N) is 1. The molecule has 0 saturated heterocycles. The molecule has 2 aromatic rings. The van der Waals surface area contributed by atoms with Crippen molar-refractivity contribution < 1.29 is 23.5 Å². The second-order valence-electron chi connectivity index (χ2n) is 9.60. The molecule has 41 heavy (non-hydrogen) atoms. The van der Waals surface area contributed by atoms with Crippen LogP contribution in [0, 0.1) is 5.82 Å². The van der Waals surface area contributed by atoms with E-state index in [2.05, 4.69) is 5.32 Å². The largest absolute Gasteiger partial charge is 0.464 e. The van der Waals surface area contributed by atoms with E-state index in [9.17, 15) is 18.8 Å². The van der Waals surface area contributed by atoms with Gasteiger partial charge in [-0.25, -0.2) is 15.0 Å². The molecule has 0 aliphatic heterocycles. The Hall–Kier alpha value is -2.37. The third kappa shape index (κ3) is 10.1. The summed E-state index contributed by atoms with van der Waals surface area (Å²) >= 11 is 13.5. The van der Waals surface area contributed by atoms with Crippen molar-refractivity contribution >= 4 is 52.7 Å². The number of benzene rings is 2. The van der Waals surface area contributed by atoms with E-state index in [-0.39, 0.29) is 38.2 Å². The number of nitrogens with one attached hydrogen (secondary N) is 1. The molecule has 2 aromatic carbocycles. The van der Waals surface area contributed by atoms with Gasteiger partial charge < -0.3 is 15.8 Å². The SMILES string of the molecule is CCOC(=O)[C@](CCCl)(CCSC)N(N)C(=O)[C@H](Cc1cccc(CCCl)c1)NC(=O)[C@@H](N)Cc1ccc(F)cc1. The van der Waals surface area contributed by atoms with Gasteiger partial charge in [-0.05, 0) is 73.4 Å². The van der Waals surface area contributed by atoms with E-state index in [4.69, 9.17) is 39.5 Å². The van der Waals surface area contributed by atoms with E-state index < -0.39 is 41.2 Å². The molecule has 8 nitrogen and oxygen atoms in total. The Balaban J connectivity index is 2.42. The van der Waals surface area contributed by atoms with Crippen molar-refractivity contribution in [2.45, 2.75) is 56.7 Å². The van der Waals surface area contributed by atoms with E-state index in [1.807, 2.05) is 30.5 Å². The highest BCUT2D eigenvalue weighted by molar-refractivity contribution is 7.98. The fourth-order valence-corrected chi connectivity index (χ4v) is 5.52. The highest BCUT2D eigenvalue weighted by Crippen LogP contribution is 2.28. The molecule has 226 valence electrons. The van der Waals surface area contributed by atoms with Gasteiger partial charge in [0.15, 0.2) is 5.54 Å². The van der Waals surface area contributed by atoms with E-state index in [1.165, 1.54) is 23.9 Å². The molecule has 0 aromatic heterocycles. The quantitative estimate of drug-likeness (QED) is 0.0803. The number of ether oxygens (including phenoxy) is 1. The van der Waals surface area contributed by atoms with Crippen molar-refractivity contribution in [1.82, 2.24) is 10.3 Å². The topological polar surface area (TPSA) is 128 Å². The van der Waals surface area contributed by atoms with Gasteiger partial charge in [-0.2, -0.15) is 11.8 Å². The molecule has 2 rings (SSSR count). The summed E-state index contributed by atoms with van der Waals surface area (Å²) in [6, 6.07) is 11.0. The zero-order valence-corrected chi connectivity index (χ0v) is 25.7. The van der Waals surface area contributed by atoms with E-state index in [0.29, 0.717) is 23.6 Å². The van der Waals surface area contributed by atoms with Crippen LogP contribution in [-0.4, -0.2) is 70.8 Å². The summed E-state index contributed by atoms with van der Waals surface area (Å²) < 4.78 is 18.7. The van der Waals surface area contributed by atoms with Crippen LogP contribution in [0.4, 0.5) is 4.39 Å². The minimum atomic E-state index is -1.53. The molecule has 0 aliphatic rings. The lowest BCUT2D eigenvalue weighted by molar-refractivity contribution is -0.166. The first-order chi connectivity index (χ1) is 19.6. The van der Waals surface area contributed by atoms with Crippen LogP contribution in [-0.2, 0) is 38.4 Å². The zero-order valence-electron chi connectivity index (χ0n) is 23.4. The molecular formula is C29H39Cl2FN4O4S. The van der Waals surface area contributed by atoms with Crippen LogP contribution >= 0.6 is 35.0 Å². The first-order valence-electron chi connectivity index (χ1n) is 13.4. The van der Waals surface area contributed by atoms with Crippen LogP contribution < -0.4 is 16.9 Å². The summed E-state index contributed by atoms with van der Waals surface area (Å²) in [7, 11) is 0. The second-order valence-corrected chi connectivity index (χ2v) is 11.3. The number of alkyl halides is 2. The summed E-state index contributed by atoms with van der Waals surface area (Å²) in [5, 5.41) is 3.62. The molecule has 0 radical (unpaired) electrons. The summed E-state index contributed by atoms with van der Waals surface area (Å²) in [4.78, 5) is 40.5. The lowest BCUT2D eigenvalue weighted by Crippen LogP contribution is -2.66. The average molecular weight is 630 g/mol. The lowest BCUT2D eigenvalue weighted by Gasteiger charge is -2.40. The minimum Gasteiger partial charge on any atom is -0.464 e. The maximum Gasteiger partial charge on any atom is 0.333 e. The van der Waals surface area contributed by atoms with Crippen LogP contribution in [0.3, 0.4) is 0 Å². The Kier molecular flexibility index (Phi) is 14.9. The van der Waals surface area contributed by atoms with Gasteiger partial charge in [-0.3, -0.25) is 14.6 Å². The fourth-order valence-electron chi connectivity index (χ4n) is 4.44. The molecule has 0 unspecified atom stereocenters. The number of halogens is 3. The molecule has 0 bridgehead atoms. The number of esters is 1. The number of carbonyl (C=O) groups is 3. The number of carbonyl (C=O) groups excluding carboxylic acids is 3. The maximum atomic E-state index is 14.0. The smallest absolute Gasteiger partial charge is 0.333 e. The highest BCUT2D eigenvalue weighted by atomic mass is 35.5. The van der Waals surface area contributed by atoms with Gasteiger partial charge in [0, 0.05) is 18.2 Å². The zero-order chi connectivity index (χ0) is 30.4. The number of rotatable bonds is 17. The van der Waals surface area contributed by atoms with Gasteiger partial charge in [0.1, 0.15) is 11.9 Å². The molecular weight excluding hydrogens is 590 g/mol. The van der Waals surface area contributed by atoms with Crippen molar-refractivity contribution in [3.63, 3.8) is 0 Å². The van der Waals surface area contributed by atoms with Gasteiger partial charge in [0.25, 0.3) is 5.91 Å². The van der Waals surface area contributed by atoms with Crippen LogP contribution in [0.5, 0.6) is 0 Å². The second kappa shape index (κ2) is 17.6. The van der Waals surface area contributed by atoms with Crippen molar-refractivity contribution in [3.8, 4) is 0 Å². The first kappa shape index (κ1) is 34.8. The monoisotopic (exact) mass is 628 g/mol. The molecule has 0 heterocycles. The van der Waals surface area contributed by atoms with E-state index in [0.717, 1.165) is 16.1 Å². The van der Waals surface area contributed by atoms with Crippen LogP contribution in [0.2, 0.25) is 0 Å². The number of hydrazine groups is 1. The Morgan fingerprint density at radius 2 is 1.73 bits per heavy atom. The standard InChI is InChI=1S/C29H39Cl2FN4O4S/c1-3-40-28(39)29(12-15-31,13-16-41-2)36(34)27(38)25(19-22-6-4-5-20(17-22)11-14-30)35-26(37)24(33)18-21-7-9-23(32)10-8-21/h4-10,17,24-25H,3,11-16,18-19,33-34H2,1-2H3,(H,35,37)/t24-,25-,29-/m0/s1. The molecule has 0 saturated carbocycles. The van der Waals surface area contributed by atoms with Crippen molar-refractivity contribution in [1.29, 1.82) is 0 Å².